The zero-order valence-corrected chi connectivity index (χ0v) is 14.7. The molecule has 0 saturated heterocycles. The first-order valence-corrected chi connectivity index (χ1v) is 8.88. The fourth-order valence-corrected chi connectivity index (χ4v) is 3.31. The highest BCUT2D eigenvalue weighted by molar-refractivity contribution is 5.88. The van der Waals surface area contributed by atoms with Gasteiger partial charge in [-0.1, -0.05) is 24.3 Å². The van der Waals surface area contributed by atoms with Gasteiger partial charge in [-0.25, -0.2) is 9.78 Å². The van der Waals surface area contributed by atoms with Crippen molar-refractivity contribution in [3.8, 4) is 0 Å². The third-order valence-corrected chi connectivity index (χ3v) is 4.87. The molecule has 1 fully saturated rings. The number of furan rings is 1. The van der Waals surface area contributed by atoms with Gasteiger partial charge in [0.2, 0.25) is 0 Å². The first-order chi connectivity index (χ1) is 12.7. The molecule has 26 heavy (non-hydrogen) atoms. The number of urea groups is 1. The minimum atomic E-state index is -0.208. The summed E-state index contributed by atoms with van der Waals surface area (Å²) in [4.78, 5) is 16.0. The molecule has 1 aliphatic carbocycles. The maximum atomic E-state index is 11.9. The Balaban J connectivity index is 1.22. The zero-order chi connectivity index (χ0) is 17.9. The van der Waals surface area contributed by atoms with Crippen molar-refractivity contribution in [2.45, 2.75) is 38.4 Å². The van der Waals surface area contributed by atoms with Crippen LogP contribution in [-0.4, -0.2) is 23.1 Å². The lowest BCUT2D eigenvalue weighted by molar-refractivity contribution is 0.221. The lowest BCUT2D eigenvalue weighted by Gasteiger charge is -2.36. The van der Waals surface area contributed by atoms with E-state index in [1.54, 1.807) is 12.3 Å². The number of rotatable bonds is 5. The predicted molar refractivity (Wildman–Crippen MR) is 101 cm³/mol. The van der Waals surface area contributed by atoms with Crippen LogP contribution in [-0.2, 0) is 6.54 Å². The van der Waals surface area contributed by atoms with E-state index >= 15 is 0 Å². The quantitative estimate of drug-likeness (QED) is 0.657. The Morgan fingerprint density at radius 3 is 2.73 bits per heavy atom. The number of fused-ring (bicyclic) bond motifs is 1. The second-order valence-electron chi connectivity index (χ2n) is 6.71. The number of anilines is 1. The molecule has 3 N–H and O–H groups in total. The maximum Gasteiger partial charge on any atom is 0.320 e. The summed E-state index contributed by atoms with van der Waals surface area (Å²) in [7, 11) is 0. The van der Waals surface area contributed by atoms with Gasteiger partial charge in [0.15, 0.2) is 0 Å². The summed E-state index contributed by atoms with van der Waals surface area (Å²) in [5.74, 6) is 1.54. The molecule has 0 bridgehead atoms. The molecule has 4 rings (SSSR count). The molecule has 1 aliphatic rings. The second kappa shape index (κ2) is 7.17. The Morgan fingerprint density at radius 2 is 1.96 bits per heavy atom. The van der Waals surface area contributed by atoms with E-state index in [1.165, 1.54) is 10.9 Å². The fourth-order valence-electron chi connectivity index (χ4n) is 3.31. The van der Waals surface area contributed by atoms with Gasteiger partial charge in [0, 0.05) is 23.7 Å². The lowest BCUT2D eigenvalue weighted by Crippen LogP contribution is -2.53. The Hall–Kier alpha value is -2.86. The van der Waals surface area contributed by atoms with Crippen LogP contribution in [0, 0.1) is 6.92 Å². The molecule has 3 aromatic rings. The summed E-state index contributed by atoms with van der Waals surface area (Å²) in [6.07, 6.45) is 3.47. The molecule has 1 saturated carbocycles. The van der Waals surface area contributed by atoms with Crippen LogP contribution in [0.4, 0.5) is 10.6 Å². The molecule has 0 unspecified atom stereocenters. The number of aryl methyl sites for hydroxylation is 1. The molecular formula is C20H22N4O2. The van der Waals surface area contributed by atoms with Crippen LogP contribution in [0.2, 0.25) is 0 Å². The minimum absolute atomic E-state index is 0.188. The van der Waals surface area contributed by atoms with Crippen molar-refractivity contribution in [1.82, 2.24) is 15.6 Å². The van der Waals surface area contributed by atoms with Crippen LogP contribution in [0.5, 0.6) is 0 Å². The van der Waals surface area contributed by atoms with Crippen molar-refractivity contribution in [3.05, 3.63) is 60.0 Å². The van der Waals surface area contributed by atoms with E-state index in [-0.39, 0.29) is 12.1 Å². The molecule has 6 heteroatoms. The second-order valence-corrected chi connectivity index (χ2v) is 6.71. The molecule has 0 aliphatic heterocycles. The standard InChI is InChI=1S/C20H22N4O2/c1-13-16-6-2-3-7-17(16)26-18(13)12-22-14-10-15(11-14)23-20(25)24-19-8-4-5-9-21-19/h2-9,14-15,22H,10-12H2,1H3,(H2,21,23,24,25). The van der Waals surface area contributed by atoms with Gasteiger partial charge in [-0.2, -0.15) is 0 Å². The molecule has 2 amide bonds. The SMILES string of the molecule is Cc1c(CNC2CC(NC(=O)Nc3ccccn3)C2)oc2ccccc12. The predicted octanol–water partition coefficient (Wildman–Crippen LogP) is 3.58. The first-order valence-electron chi connectivity index (χ1n) is 8.88. The topological polar surface area (TPSA) is 79.2 Å². The average molecular weight is 350 g/mol. The number of carbonyl (C=O) groups is 1. The number of aromatic nitrogens is 1. The van der Waals surface area contributed by atoms with Crippen LogP contribution in [0.15, 0.2) is 53.1 Å². The van der Waals surface area contributed by atoms with Crippen molar-refractivity contribution >= 4 is 22.8 Å². The molecule has 0 atom stereocenters. The fraction of sp³-hybridized carbons (Fsp3) is 0.300. The van der Waals surface area contributed by atoms with Crippen molar-refractivity contribution in [1.29, 1.82) is 0 Å². The van der Waals surface area contributed by atoms with E-state index in [2.05, 4.69) is 33.9 Å². The van der Waals surface area contributed by atoms with Crippen LogP contribution in [0.25, 0.3) is 11.0 Å². The third-order valence-electron chi connectivity index (χ3n) is 4.87. The van der Waals surface area contributed by atoms with Gasteiger partial charge >= 0.3 is 6.03 Å². The maximum absolute atomic E-state index is 11.9. The van der Waals surface area contributed by atoms with Gasteiger partial charge in [0.25, 0.3) is 0 Å². The Morgan fingerprint density at radius 1 is 1.15 bits per heavy atom. The van der Waals surface area contributed by atoms with Crippen molar-refractivity contribution in [3.63, 3.8) is 0 Å². The Kier molecular flexibility index (Phi) is 4.58. The largest absolute Gasteiger partial charge is 0.459 e. The lowest BCUT2D eigenvalue weighted by atomic mass is 9.87. The van der Waals surface area contributed by atoms with Gasteiger partial charge in [-0.15, -0.1) is 0 Å². The number of nitrogens with zero attached hydrogens (tertiary/aromatic N) is 1. The summed E-state index contributed by atoms with van der Waals surface area (Å²) < 4.78 is 5.93. The smallest absolute Gasteiger partial charge is 0.320 e. The van der Waals surface area contributed by atoms with E-state index in [0.717, 1.165) is 24.2 Å². The van der Waals surface area contributed by atoms with Gasteiger partial charge < -0.3 is 15.1 Å². The molecule has 2 heterocycles. The molecular weight excluding hydrogens is 328 g/mol. The van der Waals surface area contributed by atoms with E-state index in [0.29, 0.717) is 18.4 Å². The summed E-state index contributed by atoms with van der Waals surface area (Å²) >= 11 is 0. The van der Waals surface area contributed by atoms with Crippen LogP contribution >= 0.6 is 0 Å². The van der Waals surface area contributed by atoms with Crippen molar-refractivity contribution in [2.24, 2.45) is 0 Å². The number of benzene rings is 1. The first kappa shape index (κ1) is 16.6. The summed E-state index contributed by atoms with van der Waals surface area (Å²) in [5.41, 5.74) is 2.12. The number of pyridine rings is 1. The highest BCUT2D eigenvalue weighted by atomic mass is 16.3. The monoisotopic (exact) mass is 350 g/mol. The van der Waals surface area contributed by atoms with E-state index in [9.17, 15) is 4.79 Å². The highest BCUT2D eigenvalue weighted by Gasteiger charge is 2.30. The Bertz CT molecular complexity index is 901. The number of para-hydroxylation sites is 1. The zero-order valence-electron chi connectivity index (χ0n) is 14.7. The van der Waals surface area contributed by atoms with Crippen molar-refractivity contribution in [2.75, 3.05) is 5.32 Å². The van der Waals surface area contributed by atoms with Crippen LogP contribution in [0.1, 0.15) is 24.2 Å². The van der Waals surface area contributed by atoms with Crippen LogP contribution < -0.4 is 16.0 Å². The van der Waals surface area contributed by atoms with E-state index in [1.807, 2.05) is 30.3 Å². The number of carbonyl (C=O) groups excluding carboxylic acids is 1. The van der Waals surface area contributed by atoms with Crippen LogP contribution in [0.3, 0.4) is 0 Å². The van der Waals surface area contributed by atoms with Gasteiger partial charge in [-0.05, 0) is 43.5 Å². The van der Waals surface area contributed by atoms with E-state index in [4.69, 9.17) is 4.42 Å². The number of nitrogens with one attached hydrogen (secondary N) is 3. The van der Waals surface area contributed by atoms with Crippen molar-refractivity contribution < 1.29 is 9.21 Å². The average Bonchev–Trinajstić information content (AvgIpc) is 2.94. The number of amides is 2. The molecule has 0 radical (unpaired) electrons. The molecule has 6 nitrogen and oxygen atoms in total. The van der Waals surface area contributed by atoms with Gasteiger partial charge in [0.1, 0.15) is 17.2 Å². The summed E-state index contributed by atoms with van der Waals surface area (Å²) in [5, 5.41) is 10.4. The van der Waals surface area contributed by atoms with Gasteiger partial charge in [0.05, 0.1) is 6.54 Å². The highest BCUT2D eigenvalue weighted by Crippen LogP contribution is 2.26. The van der Waals surface area contributed by atoms with E-state index < -0.39 is 0 Å². The Labute approximate surface area is 152 Å². The minimum Gasteiger partial charge on any atom is -0.459 e. The normalized spacial score (nSPS) is 19.1. The molecule has 1 aromatic carbocycles. The number of hydrogen-bond acceptors (Lipinski definition) is 4. The number of hydrogen-bond donors (Lipinski definition) is 3. The summed E-state index contributed by atoms with van der Waals surface area (Å²) in [6, 6.07) is 13.9. The summed E-state index contributed by atoms with van der Waals surface area (Å²) in [6.45, 7) is 2.80. The van der Waals surface area contributed by atoms with Gasteiger partial charge in [-0.3, -0.25) is 5.32 Å². The molecule has 0 spiro atoms. The molecule has 2 aromatic heterocycles. The molecule has 134 valence electrons. The third kappa shape index (κ3) is 3.55.